The molecule has 1 fully saturated rings. The van der Waals surface area contributed by atoms with Crippen molar-refractivity contribution in [3.63, 3.8) is 0 Å². The number of hydrogen-bond acceptors (Lipinski definition) is 10. The highest BCUT2D eigenvalue weighted by molar-refractivity contribution is 5.60. The molecule has 0 aromatic heterocycles. The third-order valence-electron chi connectivity index (χ3n) is 7.03. The Hall–Kier alpha value is -2.60. The summed E-state index contributed by atoms with van der Waals surface area (Å²) in [6.45, 7) is 0.351. The minimum Gasteiger partial charge on any atom is -0.493 e. The van der Waals surface area contributed by atoms with E-state index in [1.807, 2.05) is 18.2 Å². The molecule has 4 rings (SSSR count). The third kappa shape index (κ3) is 4.97. The lowest BCUT2D eigenvalue weighted by atomic mass is 9.88. The maximum absolute atomic E-state index is 10.2. The highest BCUT2D eigenvalue weighted by Crippen LogP contribution is 2.47. The minimum atomic E-state index is -1.49. The van der Waals surface area contributed by atoms with E-state index in [9.17, 15) is 20.4 Å². The second-order valence-corrected chi connectivity index (χ2v) is 9.12. The van der Waals surface area contributed by atoms with Crippen molar-refractivity contribution in [2.45, 2.75) is 49.6 Å². The van der Waals surface area contributed by atoms with Gasteiger partial charge in [-0.15, -0.1) is 0 Å². The monoisotopic (exact) mass is 505 g/mol. The summed E-state index contributed by atoms with van der Waals surface area (Å²) in [5, 5.41) is 39.5. The van der Waals surface area contributed by atoms with Crippen LogP contribution in [0.3, 0.4) is 0 Å². The van der Waals surface area contributed by atoms with Gasteiger partial charge in [-0.3, -0.25) is 4.90 Å². The second kappa shape index (κ2) is 11.2. The molecule has 36 heavy (non-hydrogen) atoms. The molecule has 10 heteroatoms. The smallest absolute Gasteiger partial charge is 0.229 e. The number of aliphatic hydroxyl groups excluding tert-OH is 4. The fraction of sp³-hybridized carbons (Fsp3) is 0.538. The largest absolute Gasteiger partial charge is 0.493 e. The first-order valence-corrected chi connectivity index (χ1v) is 11.9. The second-order valence-electron chi connectivity index (χ2n) is 9.12. The van der Waals surface area contributed by atoms with Crippen LogP contribution in [0.15, 0.2) is 30.3 Å². The number of rotatable bonds is 8. The molecule has 0 saturated carbocycles. The van der Waals surface area contributed by atoms with Crippen LogP contribution >= 0.6 is 0 Å². The van der Waals surface area contributed by atoms with E-state index in [0.29, 0.717) is 23.0 Å². The summed E-state index contributed by atoms with van der Waals surface area (Å²) in [6, 6.07) is 9.48. The van der Waals surface area contributed by atoms with Crippen molar-refractivity contribution < 1.29 is 44.1 Å². The molecule has 2 aliphatic heterocycles. The predicted octanol–water partition coefficient (Wildman–Crippen LogP) is 0.663. The van der Waals surface area contributed by atoms with Gasteiger partial charge in [-0.25, -0.2) is 0 Å². The number of benzene rings is 2. The standard InChI is InChI=1S/C26H35NO9/c1-27-10-9-16-17(12-19(32-2)25(34-4)24(16)33-3)18(27)11-14-5-7-15(8-6-14)35-26-23(31)22(30)21(29)20(13-28)36-26/h5-8,12,18,20-23,26,28-31H,9-11,13H2,1-4H3. The summed E-state index contributed by atoms with van der Waals surface area (Å²) in [6.07, 6.45) is -5.08. The molecule has 2 aromatic rings. The lowest BCUT2D eigenvalue weighted by Crippen LogP contribution is -2.60. The van der Waals surface area contributed by atoms with Gasteiger partial charge in [0.2, 0.25) is 12.0 Å². The molecule has 4 N–H and O–H groups in total. The first kappa shape index (κ1) is 26.5. The van der Waals surface area contributed by atoms with E-state index in [-0.39, 0.29) is 6.04 Å². The van der Waals surface area contributed by atoms with Crippen LogP contribution in [0.4, 0.5) is 0 Å². The maximum atomic E-state index is 10.2. The molecule has 198 valence electrons. The van der Waals surface area contributed by atoms with Crippen molar-refractivity contribution in [2.75, 3.05) is 41.5 Å². The zero-order valence-corrected chi connectivity index (χ0v) is 21.0. The van der Waals surface area contributed by atoms with Crippen LogP contribution in [0.1, 0.15) is 22.7 Å². The Morgan fingerprint density at radius 1 is 0.944 bits per heavy atom. The highest BCUT2D eigenvalue weighted by atomic mass is 16.7. The van der Waals surface area contributed by atoms with E-state index in [4.69, 9.17) is 23.7 Å². The first-order chi connectivity index (χ1) is 17.3. The molecule has 0 amide bonds. The molecule has 1 saturated heterocycles. The Morgan fingerprint density at radius 2 is 1.64 bits per heavy atom. The molecular weight excluding hydrogens is 470 g/mol. The van der Waals surface area contributed by atoms with Crippen molar-refractivity contribution in [3.05, 3.63) is 47.0 Å². The number of aliphatic hydroxyl groups is 4. The van der Waals surface area contributed by atoms with Crippen molar-refractivity contribution in [2.24, 2.45) is 0 Å². The normalized spacial score (nSPS) is 28.3. The van der Waals surface area contributed by atoms with Gasteiger partial charge in [-0.2, -0.15) is 0 Å². The van der Waals surface area contributed by atoms with Crippen LogP contribution in [0.25, 0.3) is 0 Å². The van der Waals surface area contributed by atoms with Gasteiger partial charge >= 0.3 is 0 Å². The molecule has 0 bridgehead atoms. The summed E-state index contributed by atoms with van der Waals surface area (Å²) >= 11 is 0. The molecule has 0 radical (unpaired) electrons. The molecule has 0 spiro atoms. The lowest BCUT2D eigenvalue weighted by molar-refractivity contribution is -0.277. The topological polar surface area (TPSA) is 130 Å². The van der Waals surface area contributed by atoms with Crippen LogP contribution in [0, 0.1) is 0 Å². The van der Waals surface area contributed by atoms with E-state index < -0.39 is 37.3 Å². The molecule has 2 aliphatic rings. The average Bonchev–Trinajstić information content (AvgIpc) is 2.90. The Morgan fingerprint density at radius 3 is 2.25 bits per heavy atom. The van der Waals surface area contributed by atoms with Gasteiger partial charge < -0.3 is 44.1 Å². The van der Waals surface area contributed by atoms with Gasteiger partial charge in [-0.05, 0) is 49.2 Å². The zero-order chi connectivity index (χ0) is 26.0. The van der Waals surface area contributed by atoms with E-state index >= 15 is 0 Å². The summed E-state index contributed by atoms with van der Waals surface area (Å²) < 4.78 is 28.0. The fourth-order valence-electron chi connectivity index (χ4n) is 4.96. The predicted molar refractivity (Wildman–Crippen MR) is 130 cm³/mol. The molecule has 2 aromatic carbocycles. The SMILES string of the molecule is COc1cc2c(c(OC)c1OC)CCN(C)C2Cc1ccc(OC2OC(CO)C(O)C(O)C2O)cc1. The van der Waals surface area contributed by atoms with Crippen molar-refractivity contribution in [1.29, 1.82) is 0 Å². The lowest BCUT2D eigenvalue weighted by Gasteiger charge is -2.39. The summed E-state index contributed by atoms with van der Waals surface area (Å²) in [4.78, 5) is 2.30. The van der Waals surface area contributed by atoms with E-state index in [2.05, 4.69) is 11.9 Å². The molecule has 2 heterocycles. The zero-order valence-electron chi connectivity index (χ0n) is 21.0. The van der Waals surface area contributed by atoms with Crippen LogP contribution in [0.5, 0.6) is 23.0 Å². The van der Waals surface area contributed by atoms with Gasteiger partial charge in [0.25, 0.3) is 0 Å². The number of methoxy groups -OCH3 is 3. The van der Waals surface area contributed by atoms with Gasteiger partial charge in [0.05, 0.1) is 27.9 Å². The number of likely N-dealkylation sites (N-methyl/N-ethyl adjacent to an activating group) is 1. The molecule has 6 unspecified atom stereocenters. The van der Waals surface area contributed by atoms with Gasteiger partial charge in [0.15, 0.2) is 11.5 Å². The van der Waals surface area contributed by atoms with Crippen LogP contribution < -0.4 is 18.9 Å². The average molecular weight is 506 g/mol. The Kier molecular flexibility index (Phi) is 8.23. The number of fused-ring (bicyclic) bond motifs is 1. The Labute approximate surface area is 210 Å². The molecule has 10 nitrogen and oxygen atoms in total. The van der Waals surface area contributed by atoms with E-state index in [1.165, 1.54) is 0 Å². The first-order valence-electron chi connectivity index (χ1n) is 11.9. The van der Waals surface area contributed by atoms with Gasteiger partial charge in [0, 0.05) is 18.2 Å². The Balaban J connectivity index is 1.53. The van der Waals surface area contributed by atoms with Crippen LogP contribution in [-0.2, 0) is 17.6 Å². The number of ether oxygens (including phenoxy) is 5. The summed E-state index contributed by atoms with van der Waals surface area (Å²) in [5.41, 5.74) is 3.30. The maximum Gasteiger partial charge on any atom is 0.229 e. The summed E-state index contributed by atoms with van der Waals surface area (Å²) in [7, 11) is 6.94. The van der Waals surface area contributed by atoms with Crippen LogP contribution in [0.2, 0.25) is 0 Å². The molecule has 0 aliphatic carbocycles. The van der Waals surface area contributed by atoms with Crippen molar-refractivity contribution in [3.8, 4) is 23.0 Å². The van der Waals surface area contributed by atoms with Gasteiger partial charge in [-0.1, -0.05) is 12.1 Å². The minimum absolute atomic E-state index is 0.0830. The third-order valence-corrected chi connectivity index (χ3v) is 7.03. The van der Waals surface area contributed by atoms with E-state index in [0.717, 1.165) is 36.1 Å². The van der Waals surface area contributed by atoms with Crippen molar-refractivity contribution in [1.82, 2.24) is 4.90 Å². The molecular formula is C26H35NO9. The summed E-state index contributed by atoms with van der Waals surface area (Å²) in [5.74, 6) is 2.34. The van der Waals surface area contributed by atoms with Crippen molar-refractivity contribution >= 4 is 0 Å². The Bertz CT molecular complexity index is 1030. The highest BCUT2D eigenvalue weighted by Gasteiger charge is 2.44. The fourth-order valence-corrected chi connectivity index (χ4v) is 4.96. The number of hydrogen-bond donors (Lipinski definition) is 4. The quantitative estimate of drug-likeness (QED) is 0.406. The van der Waals surface area contributed by atoms with Crippen LogP contribution in [-0.4, -0.2) is 97.6 Å². The van der Waals surface area contributed by atoms with E-state index in [1.54, 1.807) is 33.5 Å². The number of nitrogens with zero attached hydrogens (tertiary/aromatic N) is 1. The molecule has 6 atom stereocenters. The van der Waals surface area contributed by atoms with Gasteiger partial charge in [0.1, 0.15) is 30.2 Å².